The number of aromatic carboxylic acids is 1. The second-order valence-corrected chi connectivity index (χ2v) is 5.19. The molecule has 5 nitrogen and oxygen atoms in total. The van der Waals surface area contributed by atoms with Gasteiger partial charge in [0.05, 0.1) is 5.56 Å². The van der Waals surface area contributed by atoms with Crippen LogP contribution in [0.25, 0.3) is 0 Å². The number of nitrogens with one attached hydrogen (secondary N) is 1. The minimum atomic E-state index is -0.937. The van der Waals surface area contributed by atoms with Crippen LogP contribution >= 0.6 is 0 Å². The van der Waals surface area contributed by atoms with Gasteiger partial charge in [0.15, 0.2) is 0 Å². The summed E-state index contributed by atoms with van der Waals surface area (Å²) in [6.07, 6.45) is 0. The van der Waals surface area contributed by atoms with Crippen molar-refractivity contribution in [3.63, 3.8) is 0 Å². The molecule has 0 aliphatic rings. The van der Waals surface area contributed by atoms with Gasteiger partial charge in [-0.05, 0) is 56.6 Å². The topological polar surface area (TPSA) is 61.8 Å². The number of nitrogens with zero attached hydrogens (tertiary/aromatic N) is 1. The molecule has 0 amide bonds. The minimum Gasteiger partial charge on any atom is -0.492 e. The highest BCUT2D eigenvalue weighted by Gasteiger charge is 2.03. The second-order valence-electron chi connectivity index (χ2n) is 5.19. The Balaban J connectivity index is 1.96. The molecule has 0 saturated heterocycles. The summed E-state index contributed by atoms with van der Waals surface area (Å²) in [5.41, 5.74) is 1.87. The molecule has 5 heteroatoms. The van der Waals surface area contributed by atoms with Crippen molar-refractivity contribution in [1.29, 1.82) is 0 Å². The van der Waals surface area contributed by atoms with Crippen molar-refractivity contribution in [1.82, 2.24) is 4.90 Å². The Bertz CT molecular complexity index is 624. The van der Waals surface area contributed by atoms with Crippen molar-refractivity contribution in [3.05, 3.63) is 54.1 Å². The molecule has 116 valence electrons. The van der Waals surface area contributed by atoms with Crippen LogP contribution in [0.15, 0.2) is 48.5 Å². The van der Waals surface area contributed by atoms with E-state index in [4.69, 9.17) is 9.84 Å². The number of hydrogen-bond acceptors (Lipinski definition) is 4. The SMILES string of the molecule is CN(C)CCOc1ccc(Nc2cccc(C(=O)O)c2)cc1. The van der Waals surface area contributed by atoms with Gasteiger partial charge in [-0.2, -0.15) is 0 Å². The highest BCUT2D eigenvalue weighted by atomic mass is 16.5. The van der Waals surface area contributed by atoms with E-state index >= 15 is 0 Å². The minimum absolute atomic E-state index is 0.258. The van der Waals surface area contributed by atoms with Crippen LogP contribution in [-0.4, -0.2) is 43.2 Å². The van der Waals surface area contributed by atoms with Crippen LogP contribution in [0, 0.1) is 0 Å². The monoisotopic (exact) mass is 300 g/mol. The maximum atomic E-state index is 11.0. The molecule has 0 spiro atoms. The third kappa shape index (κ3) is 4.79. The van der Waals surface area contributed by atoms with Gasteiger partial charge in [-0.1, -0.05) is 6.07 Å². The van der Waals surface area contributed by atoms with Crippen LogP contribution in [0.2, 0.25) is 0 Å². The van der Waals surface area contributed by atoms with Gasteiger partial charge in [0.25, 0.3) is 0 Å². The Morgan fingerprint density at radius 1 is 1.14 bits per heavy atom. The van der Waals surface area contributed by atoms with Gasteiger partial charge in [0.1, 0.15) is 12.4 Å². The molecule has 22 heavy (non-hydrogen) atoms. The van der Waals surface area contributed by atoms with E-state index in [1.54, 1.807) is 18.2 Å². The summed E-state index contributed by atoms with van der Waals surface area (Å²) < 4.78 is 5.63. The van der Waals surface area contributed by atoms with Gasteiger partial charge in [-0.15, -0.1) is 0 Å². The molecule has 0 bridgehead atoms. The van der Waals surface area contributed by atoms with Gasteiger partial charge in [0, 0.05) is 17.9 Å². The molecule has 0 saturated carbocycles. The van der Waals surface area contributed by atoms with E-state index in [1.165, 1.54) is 0 Å². The van der Waals surface area contributed by atoms with Crippen molar-refractivity contribution in [2.75, 3.05) is 32.6 Å². The molecule has 0 aliphatic heterocycles. The van der Waals surface area contributed by atoms with E-state index in [2.05, 4.69) is 10.2 Å². The van der Waals surface area contributed by atoms with Crippen LogP contribution in [0.4, 0.5) is 11.4 Å². The standard InChI is InChI=1S/C17H20N2O3/c1-19(2)10-11-22-16-8-6-14(7-9-16)18-15-5-3-4-13(12-15)17(20)21/h3-9,12,18H,10-11H2,1-2H3,(H,20,21). The van der Waals surface area contributed by atoms with Crippen LogP contribution < -0.4 is 10.1 Å². The number of carboxylic acids is 1. The molecule has 2 aromatic rings. The molecule has 0 heterocycles. The van der Waals surface area contributed by atoms with E-state index < -0.39 is 5.97 Å². The van der Waals surface area contributed by atoms with Crippen molar-refractivity contribution >= 4 is 17.3 Å². The van der Waals surface area contributed by atoms with Crippen LogP contribution in [-0.2, 0) is 0 Å². The highest BCUT2D eigenvalue weighted by Crippen LogP contribution is 2.20. The first-order chi connectivity index (χ1) is 10.5. The number of benzene rings is 2. The highest BCUT2D eigenvalue weighted by molar-refractivity contribution is 5.89. The second kappa shape index (κ2) is 7.47. The maximum absolute atomic E-state index is 11.0. The molecule has 0 radical (unpaired) electrons. The van der Waals surface area contributed by atoms with E-state index in [1.807, 2.05) is 44.4 Å². The summed E-state index contributed by atoms with van der Waals surface area (Å²) in [7, 11) is 4.00. The Morgan fingerprint density at radius 2 is 1.86 bits per heavy atom. The lowest BCUT2D eigenvalue weighted by molar-refractivity contribution is 0.0697. The fourth-order valence-corrected chi connectivity index (χ4v) is 1.88. The zero-order valence-corrected chi connectivity index (χ0v) is 12.7. The number of hydrogen-bond donors (Lipinski definition) is 2. The predicted molar refractivity (Wildman–Crippen MR) is 87.2 cm³/mol. The van der Waals surface area contributed by atoms with Crippen LogP contribution in [0.3, 0.4) is 0 Å². The number of rotatable bonds is 7. The third-order valence-corrected chi connectivity index (χ3v) is 3.06. The first-order valence-corrected chi connectivity index (χ1v) is 7.02. The first kappa shape index (κ1) is 15.9. The van der Waals surface area contributed by atoms with Crippen molar-refractivity contribution in [3.8, 4) is 5.75 Å². The fourth-order valence-electron chi connectivity index (χ4n) is 1.88. The molecule has 0 aromatic heterocycles. The summed E-state index contributed by atoms with van der Waals surface area (Å²) in [5, 5.41) is 12.2. The summed E-state index contributed by atoms with van der Waals surface area (Å²) in [4.78, 5) is 13.0. The fraction of sp³-hybridized carbons (Fsp3) is 0.235. The molecule has 0 atom stereocenters. The predicted octanol–water partition coefficient (Wildman–Crippen LogP) is 3.07. The van der Waals surface area contributed by atoms with Gasteiger partial charge in [-0.25, -0.2) is 4.79 Å². The largest absolute Gasteiger partial charge is 0.492 e. The molecule has 2 N–H and O–H groups in total. The van der Waals surface area contributed by atoms with Gasteiger partial charge >= 0.3 is 5.97 Å². The molecular formula is C17H20N2O3. The van der Waals surface area contributed by atoms with Crippen molar-refractivity contribution < 1.29 is 14.6 Å². The van der Waals surface area contributed by atoms with Crippen LogP contribution in [0.1, 0.15) is 10.4 Å². The normalized spacial score (nSPS) is 10.5. The number of carboxylic acid groups (broad SMARTS) is 1. The van der Waals surface area contributed by atoms with E-state index in [0.29, 0.717) is 6.61 Å². The van der Waals surface area contributed by atoms with Crippen LogP contribution in [0.5, 0.6) is 5.75 Å². The lowest BCUT2D eigenvalue weighted by Gasteiger charge is -2.12. The summed E-state index contributed by atoms with van der Waals surface area (Å²) in [6, 6.07) is 14.3. The van der Waals surface area contributed by atoms with Gasteiger partial charge < -0.3 is 20.1 Å². The molecule has 0 aliphatic carbocycles. The zero-order chi connectivity index (χ0) is 15.9. The Hall–Kier alpha value is -2.53. The van der Waals surface area contributed by atoms with Gasteiger partial charge in [-0.3, -0.25) is 0 Å². The Kier molecular flexibility index (Phi) is 5.38. The van der Waals surface area contributed by atoms with Crippen molar-refractivity contribution in [2.24, 2.45) is 0 Å². The summed E-state index contributed by atoms with van der Waals surface area (Å²) in [5.74, 6) is -0.125. The zero-order valence-electron chi connectivity index (χ0n) is 12.7. The Morgan fingerprint density at radius 3 is 2.50 bits per heavy atom. The smallest absolute Gasteiger partial charge is 0.335 e. The first-order valence-electron chi connectivity index (χ1n) is 7.02. The third-order valence-electron chi connectivity index (χ3n) is 3.06. The molecule has 0 unspecified atom stereocenters. The lowest BCUT2D eigenvalue weighted by Crippen LogP contribution is -2.19. The number of carbonyl (C=O) groups is 1. The lowest BCUT2D eigenvalue weighted by atomic mass is 10.2. The average molecular weight is 300 g/mol. The van der Waals surface area contributed by atoms with Crippen molar-refractivity contribution in [2.45, 2.75) is 0 Å². The van der Waals surface area contributed by atoms with Gasteiger partial charge in [0.2, 0.25) is 0 Å². The van der Waals surface area contributed by atoms with E-state index in [-0.39, 0.29) is 5.56 Å². The number of ether oxygens (including phenoxy) is 1. The van der Waals surface area contributed by atoms with E-state index in [9.17, 15) is 4.79 Å². The maximum Gasteiger partial charge on any atom is 0.335 e. The quantitative estimate of drug-likeness (QED) is 0.823. The molecular weight excluding hydrogens is 280 g/mol. The summed E-state index contributed by atoms with van der Waals surface area (Å²) in [6.45, 7) is 1.50. The molecule has 2 aromatic carbocycles. The molecule has 0 fully saturated rings. The number of anilines is 2. The number of likely N-dealkylation sites (N-methyl/N-ethyl adjacent to an activating group) is 1. The molecule has 2 rings (SSSR count). The van der Waals surface area contributed by atoms with E-state index in [0.717, 1.165) is 23.7 Å². The summed E-state index contributed by atoms with van der Waals surface area (Å²) >= 11 is 0. The Labute approximate surface area is 130 Å². The average Bonchev–Trinajstić information content (AvgIpc) is 2.49.